The SMILES string of the molecule is CC(C)OC(=O)c1cccc(-c2ccc(F)cc2)n1.CC(C)OC(=O)c1cccc(-c2ccccc2)n1.CCCOc1ccc(-c2cccc(C(=O)OC(C)C)n2)cc1.CCOC(=O)c1ccc(-c2cccc(C(=O)OC(C)C)n2)cc1.CCOc1ccc(-c2cc(OC)cc(C(=O)OC)n2)cc1.CCOc1ccc(-c2cccc(C(=O)OC(C)(C)C)n2)cc1. The van der Waals surface area contributed by atoms with E-state index in [1.807, 2.05) is 190 Å². The second kappa shape index (κ2) is 50.1. The van der Waals surface area contributed by atoms with Gasteiger partial charge in [0, 0.05) is 45.5 Å². The van der Waals surface area contributed by atoms with Crippen molar-refractivity contribution in [3.63, 3.8) is 0 Å². The van der Waals surface area contributed by atoms with E-state index in [1.54, 1.807) is 157 Å². The molecule has 25 heteroatoms. The van der Waals surface area contributed by atoms with Crippen LogP contribution in [-0.4, -0.2) is 142 Å². The van der Waals surface area contributed by atoms with Gasteiger partial charge in [-0.25, -0.2) is 67.9 Å². The van der Waals surface area contributed by atoms with Crippen LogP contribution in [0.25, 0.3) is 67.5 Å². The molecule has 0 aliphatic rings. The topological polar surface area (TPSA) is 298 Å². The number of hydrogen-bond acceptors (Lipinski definition) is 24. The van der Waals surface area contributed by atoms with E-state index in [1.165, 1.54) is 19.2 Å². The third-order valence-corrected chi connectivity index (χ3v) is 16.4. The molecule has 0 atom stereocenters. The lowest BCUT2D eigenvalue weighted by molar-refractivity contribution is 0.00609. The van der Waals surface area contributed by atoms with Crippen molar-refractivity contribution >= 4 is 41.8 Å². The fraction of sp³-hybridized carbons (Fsp3) is 0.270. The van der Waals surface area contributed by atoms with E-state index < -0.39 is 35.4 Å². The number of ether oxygens (including phenoxy) is 11. The Balaban J connectivity index is 0.000000206. The zero-order valence-corrected chi connectivity index (χ0v) is 73.5. The highest BCUT2D eigenvalue weighted by Crippen LogP contribution is 2.29. The third-order valence-electron chi connectivity index (χ3n) is 16.4. The van der Waals surface area contributed by atoms with Crippen LogP contribution in [0.1, 0.15) is 184 Å². The van der Waals surface area contributed by atoms with Gasteiger partial charge in [0.05, 0.1) is 105 Å². The fourth-order valence-corrected chi connectivity index (χ4v) is 10.9. The number of nitrogens with zero attached hydrogens (tertiary/aromatic N) is 6. The molecule has 0 N–H and O–H groups in total. The monoisotopic (exact) mass is 1700 g/mol. The number of halogens is 1. The number of pyridine rings is 6. The normalized spacial score (nSPS) is 10.5. The minimum atomic E-state index is -0.534. The Labute approximate surface area is 729 Å². The molecule has 0 aliphatic heterocycles. The lowest BCUT2D eigenvalue weighted by Gasteiger charge is -2.19. The summed E-state index contributed by atoms with van der Waals surface area (Å²) in [6, 6.07) is 74.9. The summed E-state index contributed by atoms with van der Waals surface area (Å²) in [5, 5.41) is 0. The number of carbonyl (C=O) groups excluding carboxylic acids is 7. The zero-order chi connectivity index (χ0) is 91.0. The number of rotatable bonds is 26. The summed E-state index contributed by atoms with van der Waals surface area (Å²) in [5.41, 5.74) is 11.0. The van der Waals surface area contributed by atoms with Gasteiger partial charge in [-0.05, 0) is 273 Å². The van der Waals surface area contributed by atoms with Crippen molar-refractivity contribution in [3.05, 3.63) is 300 Å². The first-order valence-electron chi connectivity index (χ1n) is 40.8. The number of methoxy groups -OCH3 is 2. The molecule has 0 saturated heterocycles. The molecular weight excluding hydrogens is 1590 g/mol. The van der Waals surface area contributed by atoms with Gasteiger partial charge in [-0.15, -0.1) is 0 Å². The second-order valence-corrected chi connectivity index (χ2v) is 29.1. The molecule has 0 saturated carbocycles. The molecule has 24 nitrogen and oxygen atoms in total. The Morgan fingerprint density at radius 2 is 0.624 bits per heavy atom. The van der Waals surface area contributed by atoms with Crippen LogP contribution in [0, 0.1) is 5.82 Å². The summed E-state index contributed by atoms with van der Waals surface area (Å²) in [6.07, 6.45) is 0.289. The zero-order valence-electron chi connectivity index (χ0n) is 73.5. The maximum Gasteiger partial charge on any atom is 0.357 e. The van der Waals surface area contributed by atoms with E-state index in [2.05, 4.69) is 36.8 Å². The van der Waals surface area contributed by atoms with Gasteiger partial charge in [-0.2, -0.15) is 0 Å². The highest BCUT2D eigenvalue weighted by atomic mass is 19.1. The predicted molar refractivity (Wildman–Crippen MR) is 477 cm³/mol. The van der Waals surface area contributed by atoms with Crippen LogP contribution in [0.15, 0.2) is 255 Å². The maximum absolute atomic E-state index is 12.9. The molecule has 652 valence electrons. The quantitative estimate of drug-likeness (QED) is 0.0359. The molecular formula is C100H107FN6O18. The van der Waals surface area contributed by atoms with Crippen LogP contribution in [0.2, 0.25) is 0 Å². The average molecular weight is 1700 g/mol. The summed E-state index contributed by atoms with van der Waals surface area (Å²) >= 11 is 0. The minimum Gasteiger partial charge on any atom is -0.497 e. The van der Waals surface area contributed by atoms with E-state index in [-0.39, 0.29) is 59.3 Å². The van der Waals surface area contributed by atoms with Crippen molar-refractivity contribution in [3.8, 4) is 90.5 Å². The molecule has 6 aromatic heterocycles. The van der Waals surface area contributed by atoms with Gasteiger partial charge >= 0.3 is 41.8 Å². The van der Waals surface area contributed by atoms with E-state index in [0.717, 1.165) is 74.1 Å². The van der Waals surface area contributed by atoms with Gasteiger partial charge in [0.2, 0.25) is 0 Å². The Morgan fingerprint density at radius 3 is 0.936 bits per heavy atom. The molecule has 0 unspecified atom stereocenters. The van der Waals surface area contributed by atoms with Crippen LogP contribution in [0.4, 0.5) is 4.39 Å². The van der Waals surface area contributed by atoms with Gasteiger partial charge in [-0.3, -0.25) is 0 Å². The summed E-state index contributed by atoms with van der Waals surface area (Å²) in [5.74, 6) is -0.296. The van der Waals surface area contributed by atoms with Crippen molar-refractivity contribution in [2.45, 2.75) is 140 Å². The molecule has 12 aromatic rings. The number of aromatic nitrogens is 6. The van der Waals surface area contributed by atoms with Crippen molar-refractivity contribution < 1.29 is 90.1 Å². The van der Waals surface area contributed by atoms with Crippen molar-refractivity contribution in [1.29, 1.82) is 0 Å². The molecule has 0 spiro atoms. The van der Waals surface area contributed by atoms with Crippen LogP contribution >= 0.6 is 0 Å². The number of benzene rings is 6. The largest absolute Gasteiger partial charge is 0.497 e. The Bertz CT molecular complexity index is 5440. The Hall–Kier alpha value is -14.4. The summed E-state index contributed by atoms with van der Waals surface area (Å²) in [4.78, 5) is 109. The lowest BCUT2D eigenvalue weighted by atomic mass is 10.1. The predicted octanol–water partition coefficient (Wildman–Crippen LogP) is 21.4. The van der Waals surface area contributed by atoms with E-state index in [0.29, 0.717) is 71.9 Å². The summed E-state index contributed by atoms with van der Waals surface area (Å²) in [7, 11) is 2.86. The van der Waals surface area contributed by atoms with Crippen LogP contribution in [0.5, 0.6) is 23.0 Å². The molecule has 0 bridgehead atoms. The lowest BCUT2D eigenvalue weighted by Crippen LogP contribution is -2.24. The molecule has 6 aromatic carbocycles. The molecule has 125 heavy (non-hydrogen) atoms. The number of hydrogen-bond donors (Lipinski definition) is 0. The summed E-state index contributed by atoms with van der Waals surface area (Å²) in [6.45, 7) is 29.9. The van der Waals surface area contributed by atoms with E-state index in [9.17, 15) is 38.0 Å². The minimum absolute atomic E-state index is 0.139. The number of carbonyl (C=O) groups is 7. The molecule has 0 fully saturated rings. The number of esters is 7. The molecule has 12 rings (SSSR count). The average Bonchev–Trinajstić information content (AvgIpc) is 0.833. The third kappa shape index (κ3) is 33.2. The van der Waals surface area contributed by atoms with Crippen LogP contribution in [-0.2, 0) is 33.2 Å². The molecule has 0 amide bonds. The van der Waals surface area contributed by atoms with E-state index in [4.69, 9.17) is 52.1 Å². The van der Waals surface area contributed by atoms with Crippen molar-refractivity contribution in [2.24, 2.45) is 0 Å². The molecule has 0 aliphatic carbocycles. The maximum atomic E-state index is 12.9. The first kappa shape index (κ1) is 97.8. The first-order chi connectivity index (χ1) is 59.9. The highest BCUT2D eigenvalue weighted by Gasteiger charge is 2.22. The van der Waals surface area contributed by atoms with Gasteiger partial charge in [-0.1, -0.05) is 79.7 Å². The molecule has 0 radical (unpaired) electrons. The van der Waals surface area contributed by atoms with Crippen molar-refractivity contribution in [2.75, 3.05) is 40.6 Å². The first-order valence-corrected chi connectivity index (χ1v) is 40.8. The van der Waals surface area contributed by atoms with Crippen molar-refractivity contribution in [1.82, 2.24) is 29.9 Å². The van der Waals surface area contributed by atoms with Gasteiger partial charge in [0.15, 0.2) is 5.69 Å². The molecule has 6 heterocycles. The Morgan fingerprint density at radius 1 is 0.312 bits per heavy atom. The Kier molecular flexibility index (Phi) is 39.2. The van der Waals surface area contributed by atoms with Crippen LogP contribution < -0.4 is 18.9 Å². The summed E-state index contributed by atoms with van der Waals surface area (Å²) < 4.78 is 70.0. The standard InChI is InChI=1S/C18H19NO4.2C18H21NO3.C16H17NO4.C15H14FNO2.C15H15NO2/c1-4-22-17(20)14-10-8-13(9-11-14)15-6-5-7-16(19-15)18(21)23-12(2)3;1-5-21-14-11-9-13(10-12-14)15-7-6-8-16(19-15)17(20)22-18(2,3)4;1-4-12-21-15-10-8-14(9-11-15)16-6-5-7-17(19-16)18(20)22-13(2)3;1-4-21-12-7-5-11(6-8-12)14-9-13(19-2)10-15(17-14)16(18)20-3;1-10(2)19-15(18)14-5-3-4-13(17-14)11-6-8-12(16)9-7-11;1-11(2)18-15(17)14-10-6-9-13(16-14)12-7-4-3-5-8-12/h5-12H,4H2,1-3H3;6-12H,5H2,1-4H3;5-11,13H,4,12H2,1-3H3;5-10H,4H2,1-3H3;3-10H,1-2H3;3-11H,1-2H3. The van der Waals surface area contributed by atoms with Crippen LogP contribution in [0.3, 0.4) is 0 Å². The van der Waals surface area contributed by atoms with Gasteiger partial charge < -0.3 is 52.1 Å². The second-order valence-electron chi connectivity index (χ2n) is 29.1. The van der Waals surface area contributed by atoms with Gasteiger partial charge in [0.25, 0.3) is 0 Å². The van der Waals surface area contributed by atoms with Gasteiger partial charge in [0.1, 0.15) is 62.9 Å². The highest BCUT2D eigenvalue weighted by molar-refractivity contribution is 5.92. The smallest absolute Gasteiger partial charge is 0.357 e. The fourth-order valence-electron chi connectivity index (χ4n) is 10.9. The van der Waals surface area contributed by atoms with E-state index >= 15 is 0 Å².